The van der Waals surface area contributed by atoms with Gasteiger partial charge < -0.3 is 9.84 Å². The number of aromatic nitrogens is 2. The molecule has 8 heteroatoms. The molecule has 0 aromatic carbocycles. The Hall–Kier alpha value is -1.44. The molecule has 7 nitrogen and oxygen atoms in total. The van der Waals surface area contributed by atoms with E-state index in [9.17, 15) is 9.90 Å². The maximum atomic E-state index is 11.2. The second-order valence-corrected chi connectivity index (χ2v) is 5.35. The lowest BCUT2D eigenvalue weighted by molar-refractivity contribution is -0.0383. The summed E-state index contributed by atoms with van der Waals surface area (Å²) in [7, 11) is 0. The van der Waals surface area contributed by atoms with E-state index < -0.39 is 6.09 Å². The normalized spacial score (nSPS) is 26.6. The fraction of sp³-hybridized carbons (Fsp3) is 0.583. The predicted molar refractivity (Wildman–Crippen MR) is 70.6 cm³/mol. The molecule has 0 saturated carbocycles. The maximum absolute atomic E-state index is 11.2. The van der Waals surface area contributed by atoms with Crippen LogP contribution in [0.4, 0.5) is 4.79 Å². The van der Waals surface area contributed by atoms with Gasteiger partial charge in [-0.1, -0.05) is 0 Å². The number of morpholine rings is 1. The van der Waals surface area contributed by atoms with Crippen molar-refractivity contribution >= 4 is 17.7 Å². The van der Waals surface area contributed by atoms with E-state index in [0.29, 0.717) is 26.2 Å². The molecule has 20 heavy (non-hydrogen) atoms. The Morgan fingerprint density at radius 3 is 2.90 bits per heavy atom. The van der Waals surface area contributed by atoms with Crippen molar-refractivity contribution in [3.05, 3.63) is 23.2 Å². The van der Waals surface area contributed by atoms with Gasteiger partial charge in [0.25, 0.3) is 0 Å². The zero-order valence-electron chi connectivity index (χ0n) is 10.8. The molecule has 1 amide bonds. The van der Waals surface area contributed by atoms with E-state index in [-0.39, 0.29) is 17.4 Å². The van der Waals surface area contributed by atoms with Gasteiger partial charge in [-0.2, -0.15) is 0 Å². The van der Waals surface area contributed by atoms with Crippen LogP contribution in [0.1, 0.15) is 5.56 Å². The first-order valence-corrected chi connectivity index (χ1v) is 6.81. The molecule has 1 aromatic heterocycles. The maximum Gasteiger partial charge on any atom is 0.407 e. The molecule has 108 valence electrons. The lowest BCUT2D eigenvalue weighted by Gasteiger charge is -2.34. The number of ether oxygens (including phenoxy) is 1. The van der Waals surface area contributed by atoms with Crippen molar-refractivity contribution in [2.24, 2.45) is 0 Å². The highest BCUT2D eigenvalue weighted by Crippen LogP contribution is 2.24. The number of halogens is 1. The molecule has 3 heterocycles. The fourth-order valence-corrected chi connectivity index (χ4v) is 2.91. The Morgan fingerprint density at radius 1 is 1.45 bits per heavy atom. The first-order chi connectivity index (χ1) is 9.63. The minimum Gasteiger partial charge on any atom is -0.465 e. The summed E-state index contributed by atoms with van der Waals surface area (Å²) in [5, 5.41) is 9.44. The van der Waals surface area contributed by atoms with Crippen LogP contribution < -0.4 is 0 Å². The van der Waals surface area contributed by atoms with Crippen LogP contribution in [0, 0.1) is 0 Å². The molecule has 0 radical (unpaired) electrons. The van der Waals surface area contributed by atoms with E-state index in [4.69, 9.17) is 16.3 Å². The molecule has 1 N–H and O–H groups in total. The van der Waals surface area contributed by atoms with E-state index in [1.807, 2.05) is 0 Å². The van der Waals surface area contributed by atoms with Gasteiger partial charge in [-0.25, -0.2) is 14.8 Å². The molecule has 0 spiro atoms. The van der Waals surface area contributed by atoms with Gasteiger partial charge in [-0.3, -0.25) is 9.80 Å². The summed E-state index contributed by atoms with van der Waals surface area (Å²) in [6.07, 6.45) is 2.45. The fourth-order valence-electron chi connectivity index (χ4n) is 2.81. The van der Waals surface area contributed by atoms with Crippen molar-refractivity contribution in [1.82, 2.24) is 19.8 Å². The Morgan fingerprint density at radius 2 is 2.20 bits per heavy atom. The van der Waals surface area contributed by atoms with E-state index in [0.717, 1.165) is 12.1 Å². The number of amides is 1. The standard InChI is InChI=1S/C12H15ClN4O3/c13-11-14-3-8(4-15-11)5-16-6-9-10(7-16)20-2-1-17(9)12(18)19/h3-4,9-10H,1-2,5-7H2,(H,18,19)/t9-,10+/m1/s1. The Labute approximate surface area is 121 Å². The third kappa shape index (κ3) is 2.70. The summed E-state index contributed by atoms with van der Waals surface area (Å²) >= 11 is 5.65. The number of rotatable bonds is 2. The van der Waals surface area contributed by atoms with Gasteiger partial charge in [0.2, 0.25) is 5.28 Å². The molecule has 0 aliphatic carbocycles. The molecule has 2 saturated heterocycles. The molecule has 3 rings (SSSR count). The lowest BCUT2D eigenvalue weighted by Crippen LogP contribution is -2.52. The number of likely N-dealkylation sites (tertiary alicyclic amines) is 1. The smallest absolute Gasteiger partial charge is 0.407 e. The Bertz CT molecular complexity index is 498. The van der Waals surface area contributed by atoms with Crippen LogP contribution in [0.3, 0.4) is 0 Å². The number of hydrogen-bond acceptors (Lipinski definition) is 5. The van der Waals surface area contributed by atoms with Crippen molar-refractivity contribution in [1.29, 1.82) is 0 Å². The van der Waals surface area contributed by atoms with Crippen LogP contribution in [0.15, 0.2) is 12.4 Å². The zero-order valence-corrected chi connectivity index (χ0v) is 11.5. The molecule has 2 fully saturated rings. The van der Waals surface area contributed by atoms with Crippen molar-refractivity contribution in [2.45, 2.75) is 18.7 Å². The van der Waals surface area contributed by atoms with Gasteiger partial charge in [-0.15, -0.1) is 0 Å². The number of fused-ring (bicyclic) bond motifs is 1. The number of hydrogen-bond donors (Lipinski definition) is 1. The molecule has 0 bridgehead atoms. The largest absolute Gasteiger partial charge is 0.465 e. The minimum atomic E-state index is -0.875. The van der Waals surface area contributed by atoms with E-state index in [1.165, 1.54) is 4.90 Å². The average molecular weight is 299 g/mol. The van der Waals surface area contributed by atoms with Crippen LogP contribution in [-0.2, 0) is 11.3 Å². The van der Waals surface area contributed by atoms with Crippen molar-refractivity contribution in [3.63, 3.8) is 0 Å². The summed E-state index contributed by atoms with van der Waals surface area (Å²) < 4.78 is 5.67. The molecule has 2 atom stereocenters. The molecular formula is C12H15ClN4O3. The van der Waals surface area contributed by atoms with Gasteiger partial charge in [-0.05, 0) is 11.6 Å². The topological polar surface area (TPSA) is 78.8 Å². The minimum absolute atomic E-state index is 0.0481. The number of carbonyl (C=O) groups is 1. The summed E-state index contributed by atoms with van der Waals surface area (Å²) in [6.45, 7) is 2.96. The molecule has 1 aromatic rings. The van der Waals surface area contributed by atoms with Gasteiger partial charge >= 0.3 is 6.09 Å². The van der Waals surface area contributed by atoms with Gasteiger partial charge in [0.05, 0.1) is 18.8 Å². The average Bonchev–Trinajstić information content (AvgIpc) is 2.83. The zero-order chi connectivity index (χ0) is 14.1. The molecular weight excluding hydrogens is 284 g/mol. The molecule has 0 unspecified atom stereocenters. The SMILES string of the molecule is O=C(O)N1CCO[C@H]2CN(Cc3cnc(Cl)nc3)C[C@H]21. The summed E-state index contributed by atoms with van der Waals surface area (Å²) in [5.41, 5.74) is 0.954. The van der Waals surface area contributed by atoms with Crippen molar-refractivity contribution in [2.75, 3.05) is 26.2 Å². The van der Waals surface area contributed by atoms with Crippen LogP contribution in [0.25, 0.3) is 0 Å². The van der Waals surface area contributed by atoms with E-state index in [2.05, 4.69) is 14.9 Å². The third-order valence-electron chi connectivity index (χ3n) is 3.70. The van der Waals surface area contributed by atoms with Crippen LogP contribution in [-0.4, -0.2) is 69.4 Å². The highest BCUT2D eigenvalue weighted by molar-refractivity contribution is 6.28. The van der Waals surface area contributed by atoms with E-state index in [1.54, 1.807) is 12.4 Å². The number of nitrogens with zero attached hydrogens (tertiary/aromatic N) is 4. The highest BCUT2D eigenvalue weighted by Gasteiger charge is 2.42. The van der Waals surface area contributed by atoms with Crippen molar-refractivity contribution < 1.29 is 14.6 Å². The Kier molecular flexibility index (Phi) is 3.73. The second-order valence-electron chi connectivity index (χ2n) is 5.01. The van der Waals surface area contributed by atoms with Crippen molar-refractivity contribution in [3.8, 4) is 0 Å². The monoisotopic (exact) mass is 298 g/mol. The van der Waals surface area contributed by atoms with Crippen LogP contribution >= 0.6 is 11.6 Å². The predicted octanol–water partition coefficient (Wildman–Crippen LogP) is 0.693. The lowest BCUT2D eigenvalue weighted by atomic mass is 10.1. The highest BCUT2D eigenvalue weighted by atomic mass is 35.5. The summed E-state index contributed by atoms with van der Waals surface area (Å²) in [6, 6.07) is -0.0885. The number of carboxylic acid groups (broad SMARTS) is 1. The van der Waals surface area contributed by atoms with E-state index >= 15 is 0 Å². The Balaban J connectivity index is 1.66. The second kappa shape index (κ2) is 5.51. The van der Waals surface area contributed by atoms with Gasteiger partial charge in [0.1, 0.15) is 0 Å². The molecule has 2 aliphatic heterocycles. The first kappa shape index (κ1) is 13.5. The third-order valence-corrected chi connectivity index (χ3v) is 3.90. The molecule has 2 aliphatic rings. The van der Waals surface area contributed by atoms with Gasteiger partial charge in [0, 0.05) is 44.1 Å². The van der Waals surface area contributed by atoms with Crippen LogP contribution in [0.5, 0.6) is 0 Å². The summed E-state index contributed by atoms with van der Waals surface area (Å²) in [4.78, 5) is 22.7. The van der Waals surface area contributed by atoms with Crippen LogP contribution in [0.2, 0.25) is 5.28 Å². The van der Waals surface area contributed by atoms with Gasteiger partial charge in [0.15, 0.2) is 0 Å². The quantitative estimate of drug-likeness (QED) is 0.810. The first-order valence-electron chi connectivity index (χ1n) is 6.43. The summed E-state index contributed by atoms with van der Waals surface area (Å²) in [5.74, 6) is 0.